The molecule has 1 rings (SSSR count). The van der Waals surface area contributed by atoms with Gasteiger partial charge in [0.25, 0.3) is 0 Å². The highest BCUT2D eigenvalue weighted by Gasteiger charge is 2.11. The number of aryl methyl sites for hydroxylation is 1. The van der Waals surface area contributed by atoms with Crippen molar-refractivity contribution in [3.63, 3.8) is 0 Å². The van der Waals surface area contributed by atoms with E-state index in [4.69, 9.17) is 4.74 Å². The molecule has 0 aliphatic heterocycles. The summed E-state index contributed by atoms with van der Waals surface area (Å²) in [5, 5.41) is 0. The van der Waals surface area contributed by atoms with E-state index in [9.17, 15) is 4.79 Å². The van der Waals surface area contributed by atoms with Gasteiger partial charge in [-0.05, 0) is 6.92 Å². The fraction of sp³-hybridized carbons (Fsp3) is 0.556. The molecule has 0 fully saturated rings. The molecule has 13 heavy (non-hydrogen) atoms. The van der Waals surface area contributed by atoms with Gasteiger partial charge in [-0.15, -0.1) is 0 Å². The summed E-state index contributed by atoms with van der Waals surface area (Å²) in [6.07, 6.45) is 6.25. The first kappa shape index (κ1) is 9.92. The Hall–Kier alpha value is -1.16. The van der Waals surface area contributed by atoms with Crippen LogP contribution in [0.15, 0.2) is 18.7 Å². The van der Waals surface area contributed by atoms with Crippen LogP contribution in [0.4, 0.5) is 0 Å². The summed E-state index contributed by atoms with van der Waals surface area (Å²) in [5.74, 6) is 0. The molecule has 1 aromatic rings. The Balaban J connectivity index is 2.51. The van der Waals surface area contributed by atoms with E-state index in [-0.39, 0.29) is 6.10 Å². The Labute approximate surface area is 77.7 Å². The molecule has 0 spiro atoms. The lowest BCUT2D eigenvalue weighted by Gasteiger charge is -2.06. The van der Waals surface area contributed by atoms with Crippen molar-refractivity contribution < 1.29 is 14.1 Å². The predicted molar refractivity (Wildman–Crippen MR) is 47.1 cm³/mol. The van der Waals surface area contributed by atoms with Crippen molar-refractivity contribution in [3.05, 3.63) is 18.7 Å². The van der Waals surface area contributed by atoms with Crippen LogP contribution in [0, 0.1) is 0 Å². The summed E-state index contributed by atoms with van der Waals surface area (Å²) in [7, 11) is 1.94. The molecule has 0 N–H and O–H groups in total. The molecule has 0 saturated heterocycles. The molecular weight excluding hydrogens is 168 g/mol. The summed E-state index contributed by atoms with van der Waals surface area (Å²) in [4.78, 5) is 10.6. The van der Waals surface area contributed by atoms with Crippen LogP contribution in [-0.4, -0.2) is 23.6 Å². The van der Waals surface area contributed by atoms with Gasteiger partial charge in [0.1, 0.15) is 18.9 Å². The standard InChI is InChI=1S/C9H15N2O2/c1-3-13-9(7-12)6-11-5-4-10(2)8-11/h4-5,7-9H,3,6H2,1-2H3/q+1. The maximum atomic E-state index is 10.6. The Kier molecular flexibility index (Phi) is 3.64. The molecule has 1 unspecified atom stereocenters. The molecule has 0 radical (unpaired) electrons. The van der Waals surface area contributed by atoms with E-state index in [0.717, 1.165) is 6.29 Å². The van der Waals surface area contributed by atoms with Crippen LogP contribution in [0.25, 0.3) is 0 Å². The average molecular weight is 183 g/mol. The third-order valence-electron chi connectivity index (χ3n) is 1.75. The third-order valence-corrected chi connectivity index (χ3v) is 1.75. The van der Waals surface area contributed by atoms with E-state index in [0.29, 0.717) is 13.2 Å². The Morgan fingerprint density at radius 1 is 1.69 bits per heavy atom. The summed E-state index contributed by atoms with van der Waals surface area (Å²) in [6.45, 7) is 3.03. The average Bonchev–Trinajstić information content (AvgIpc) is 2.50. The van der Waals surface area contributed by atoms with E-state index in [1.54, 1.807) is 0 Å². The van der Waals surface area contributed by atoms with Gasteiger partial charge in [0, 0.05) is 6.61 Å². The maximum absolute atomic E-state index is 10.6. The second-order valence-corrected chi connectivity index (χ2v) is 2.91. The van der Waals surface area contributed by atoms with Gasteiger partial charge in [0.2, 0.25) is 6.33 Å². The maximum Gasteiger partial charge on any atom is 0.243 e. The number of carbonyl (C=O) groups excluding carboxylic acids is 1. The number of rotatable bonds is 5. The van der Waals surface area contributed by atoms with Gasteiger partial charge >= 0.3 is 0 Å². The number of carbonyl (C=O) groups is 1. The molecule has 1 atom stereocenters. The molecule has 4 heteroatoms. The molecule has 1 heterocycles. The number of hydrogen-bond donors (Lipinski definition) is 0. The molecular formula is C9H15N2O2+. The van der Waals surface area contributed by atoms with Crippen LogP contribution in [-0.2, 0) is 23.1 Å². The molecule has 0 aromatic carbocycles. The normalized spacial score (nSPS) is 12.8. The minimum Gasteiger partial charge on any atom is -0.367 e. The largest absolute Gasteiger partial charge is 0.367 e. The second-order valence-electron chi connectivity index (χ2n) is 2.91. The van der Waals surface area contributed by atoms with Crippen molar-refractivity contribution in [2.75, 3.05) is 6.61 Å². The van der Waals surface area contributed by atoms with E-state index < -0.39 is 0 Å². The van der Waals surface area contributed by atoms with E-state index in [2.05, 4.69) is 0 Å². The molecule has 72 valence electrons. The van der Waals surface area contributed by atoms with Gasteiger partial charge < -0.3 is 9.53 Å². The Morgan fingerprint density at radius 2 is 2.46 bits per heavy atom. The molecule has 0 aliphatic rings. The van der Waals surface area contributed by atoms with Crippen LogP contribution in [0.2, 0.25) is 0 Å². The first-order valence-corrected chi connectivity index (χ1v) is 4.34. The first-order chi connectivity index (χ1) is 6.26. The van der Waals surface area contributed by atoms with Crippen LogP contribution in [0.3, 0.4) is 0 Å². The fourth-order valence-corrected chi connectivity index (χ4v) is 1.17. The summed E-state index contributed by atoms with van der Waals surface area (Å²) >= 11 is 0. The minimum atomic E-state index is -0.336. The highest BCUT2D eigenvalue weighted by atomic mass is 16.5. The minimum absolute atomic E-state index is 0.336. The lowest BCUT2D eigenvalue weighted by atomic mass is 10.4. The van der Waals surface area contributed by atoms with Crippen molar-refractivity contribution in [2.45, 2.75) is 19.6 Å². The molecule has 0 aliphatic carbocycles. The van der Waals surface area contributed by atoms with Gasteiger partial charge in [0.15, 0.2) is 12.4 Å². The molecule has 0 saturated carbocycles. The van der Waals surface area contributed by atoms with Gasteiger partial charge in [-0.25, -0.2) is 9.13 Å². The molecule has 0 amide bonds. The zero-order valence-corrected chi connectivity index (χ0v) is 8.01. The van der Waals surface area contributed by atoms with Crippen LogP contribution >= 0.6 is 0 Å². The number of hydrogen-bond acceptors (Lipinski definition) is 2. The lowest BCUT2D eigenvalue weighted by molar-refractivity contribution is -0.671. The monoisotopic (exact) mass is 183 g/mol. The van der Waals surface area contributed by atoms with E-state index in [1.165, 1.54) is 0 Å². The quantitative estimate of drug-likeness (QED) is 0.472. The van der Waals surface area contributed by atoms with Crippen LogP contribution in [0.1, 0.15) is 6.92 Å². The van der Waals surface area contributed by atoms with Gasteiger partial charge in [-0.3, -0.25) is 0 Å². The van der Waals surface area contributed by atoms with E-state index >= 15 is 0 Å². The van der Waals surface area contributed by atoms with Crippen LogP contribution < -0.4 is 4.57 Å². The number of imidazole rings is 1. The van der Waals surface area contributed by atoms with Gasteiger partial charge in [-0.2, -0.15) is 0 Å². The fourth-order valence-electron chi connectivity index (χ4n) is 1.17. The Bertz CT molecular complexity index is 270. The van der Waals surface area contributed by atoms with Crippen molar-refractivity contribution in [1.29, 1.82) is 0 Å². The van der Waals surface area contributed by atoms with E-state index in [1.807, 2.05) is 41.8 Å². The highest BCUT2D eigenvalue weighted by molar-refractivity contribution is 5.55. The highest BCUT2D eigenvalue weighted by Crippen LogP contribution is 1.93. The summed E-state index contributed by atoms with van der Waals surface area (Å²) in [5.41, 5.74) is 0. The summed E-state index contributed by atoms with van der Waals surface area (Å²) in [6, 6.07) is 0. The zero-order chi connectivity index (χ0) is 9.68. The number of ether oxygens (including phenoxy) is 1. The Morgan fingerprint density at radius 3 is 2.92 bits per heavy atom. The molecule has 0 bridgehead atoms. The molecule has 4 nitrogen and oxygen atoms in total. The van der Waals surface area contributed by atoms with Crippen molar-refractivity contribution in [2.24, 2.45) is 7.05 Å². The SMILES string of the molecule is CCOC(C=O)Cn1cc[n+](C)c1. The number of aldehydes is 1. The van der Waals surface area contributed by atoms with Crippen molar-refractivity contribution in [1.82, 2.24) is 4.57 Å². The van der Waals surface area contributed by atoms with Crippen molar-refractivity contribution in [3.8, 4) is 0 Å². The van der Waals surface area contributed by atoms with Gasteiger partial charge in [0.05, 0.1) is 7.05 Å². The smallest absolute Gasteiger partial charge is 0.243 e. The number of aromatic nitrogens is 2. The topological polar surface area (TPSA) is 35.1 Å². The lowest BCUT2D eigenvalue weighted by Crippen LogP contribution is -2.26. The van der Waals surface area contributed by atoms with Gasteiger partial charge in [-0.1, -0.05) is 0 Å². The predicted octanol–water partition coefficient (Wildman–Crippen LogP) is -0.0834. The van der Waals surface area contributed by atoms with Crippen LogP contribution in [0.5, 0.6) is 0 Å². The first-order valence-electron chi connectivity index (χ1n) is 4.34. The molecule has 1 aromatic heterocycles. The summed E-state index contributed by atoms with van der Waals surface area (Å²) < 4.78 is 9.06. The van der Waals surface area contributed by atoms with Crippen molar-refractivity contribution >= 4 is 6.29 Å². The third kappa shape index (κ3) is 2.99. The second kappa shape index (κ2) is 4.77. The zero-order valence-electron chi connectivity index (χ0n) is 8.01. The number of nitrogens with zero attached hydrogens (tertiary/aromatic N) is 2.